The van der Waals surface area contributed by atoms with Gasteiger partial charge in [0.15, 0.2) is 11.2 Å². The van der Waals surface area contributed by atoms with Gasteiger partial charge in [-0.1, -0.05) is 31.9 Å². The van der Waals surface area contributed by atoms with Gasteiger partial charge in [-0.3, -0.25) is 9.59 Å². The number of rotatable bonds is 0. The third-order valence-corrected chi connectivity index (χ3v) is 11.1. The second-order valence-electron chi connectivity index (χ2n) is 12.4. The first-order chi connectivity index (χ1) is 19.4. The van der Waals surface area contributed by atoms with Crippen molar-refractivity contribution in [3.63, 3.8) is 0 Å². The fourth-order valence-electron chi connectivity index (χ4n) is 8.01. The fraction of sp³-hybridized carbons (Fsp3) is 0.562. The number of fused-ring (bicyclic) bond motifs is 4. The second kappa shape index (κ2) is 10.5. The monoisotopic (exact) mass is 670 g/mol. The molecule has 0 N–H and O–H groups in total. The lowest BCUT2D eigenvalue weighted by Crippen LogP contribution is -2.43. The Morgan fingerprint density at radius 2 is 1.23 bits per heavy atom. The standard InChI is InChI=1S/2C16H18BrNO2/c17-11-4-5-14-13(9-11)15(19)16(20-14)6-2-8-18-7-1-3-12(18)10-16;17-11-3-4-14-13(10-11)15(19)16(20-14)6-5-12-2-1-8-18(12)9-7-16/h4-5,9,12H,1-3,6-8,10H2;3-4,10,12H,1-2,5-9H2. The van der Waals surface area contributed by atoms with Crippen LogP contribution in [0.3, 0.4) is 0 Å². The van der Waals surface area contributed by atoms with E-state index in [0.717, 1.165) is 83.2 Å². The second-order valence-corrected chi connectivity index (χ2v) is 14.2. The average molecular weight is 672 g/mol. The SMILES string of the molecule is O=C1c2cc(Br)ccc2OC12CCC1CCCN1CC2.O=C1c2cc(Br)ccc2OC12CCCN1CCCC1C2. The first-order valence-electron chi connectivity index (χ1n) is 14.9. The summed E-state index contributed by atoms with van der Waals surface area (Å²) in [5.74, 6) is 1.92. The van der Waals surface area contributed by atoms with Gasteiger partial charge in [-0.2, -0.15) is 0 Å². The lowest BCUT2D eigenvalue weighted by atomic mass is 9.85. The molecule has 4 atom stereocenters. The summed E-state index contributed by atoms with van der Waals surface area (Å²) in [6.07, 6.45) is 10.6. The van der Waals surface area contributed by atoms with E-state index in [9.17, 15) is 9.59 Å². The van der Waals surface area contributed by atoms with Gasteiger partial charge in [0.25, 0.3) is 0 Å². The van der Waals surface area contributed by atoms with Gasteiger partial charge in [-0.05, 0) is 107 Å². The van der Waals surface area contributed by atoms with Crippen LogP contribution in [0.5, 0.6) is 11.5 Å². The number of hydrogen-bond donors (Lipinski definition) is 0. The zero-order valence-corrected chi connectivity index (χ0v) is 26.0. The van der Waals surface area contributed by atoms with E-state index in [-0.39, 0.29) is 11.6 Å². The van der Waals surface area contributed by atoms with Gasteiger partial charge >= 0.3 is 0 Å². The summed E-state index contributed by atoms with van der Waals surface area (Å²) in [7, 11) is 0. The first kappa shape index (κ1) is 27.1. The molecular formula is C32H36Br2N2O4. The molecule has 40 heavy (non-hydrogen) atoms. The van der Waals surface area contributed by atoms with Crippen LogP contribution in [0.2, 0.25) is 0 Å². The van der Waals surface area contributed by atoms with Crippen LogP contribution in [0.25, 0.3) is 0 Å². The number of benzene rings is 2. The van der Waals surface area contributed by atoms with E-state index in [1.807, 2.05) is 36.4 Å². The van der Waals surface area contributed by atoms with Crippen molar-refractivity contribution >= 4 is 43.4 Å². The summed E-state index contributed by atoms with van der Waals surface area (Å²) in [6, 6.07) is 12.7. The van der Waals surface area contributed by atoms with Crippen LogP contribution in [-0.4, -0.2) is 70.8 Å². The average Bonchev–Trinajstić information content (AvgIpc) is 3.65. The Morgan fingerprint density at radius 3 is 1.93 bits per heavy atom. The zero-order chi connectivity index (χ0) is 27.5. The smallest absolute Gasteiger partial charge is 0.210 e. The van der Waals surface area contributed by atoms with Crippen molar-refractivity contribution in [3.05, 3.63) is 56.5 Å². The summed E-state index contributed by atoms with van der Waals surface area (Å²) in [6.45, 7) is 4.48. The number of hydrogen-bond acceptors (Lipinski definition) is 6. The highest BCUT2D eigenvalue weighted by Gasteiger charge is 2.52. The van der Waals surface area contributed by atoms with Gasteiger partial charge in [0.2, 0.25) is 11.6 Å². The highest BCUT2D eigenvalue weighted by atomic mass is 79.9. The van der Waals surface area contributed by atoms with Gasteiger partial charge in [-0.15, -0.1) is 0 Å². The molecule has 6 aliphatic rings. The molecule has 0 amide bonds. The summed E-state index contributed by atoms with van der Waals surface area (Å²) in [5, 5.41) is 0. The molecule has 212 valence electrons. The van der Waals surface area contributed by atoms with Crippen LogP contribution in [0.15, 0.2) is 45.3 Å². The molecule has 6 aliphatic heterocycles. The minimum atomic E-state index is -0.590. The van der Waals surface area contributed by atoms with Crippen molar-refractivity contribution in [2.75, 3.05) is 26.2 Å². The van der Waals surface area contributed by atoms with Gasteiger partial charge in [0.1, 0.15) is 11.5 Å². The summed E-state index contributed by atoms with van der Waals surface area (Å²) >= 11 is 6.89. The van der Waals surface area contributed by atoms with Crippen LogP contribution in [-0.2, 0) is 0 Å². The molecule has 8 rings (SSSR count). The van der Waals surface area contributed by atoms with Crippen molar-refractivity contribution in [1.29, 1.82) is 0 Å². The normalized spacial score (nSPS) is 32.9. The lowest BCUT2D eigenvalue weighted by Gasteiger charge is -2.29. The molecule has 6 nitrogen and oxygen atoms in total. The fourth-order valence-corrected chi connectivity index (χ4v) is 8.73. The van der Waals surface area contributed by atoms with E-state index in [4.69, 9.17) is 9.47 Å². The Morgan fingerprint density at radius 1 is 0.650 bits per heavy atom. The zero-order valence-electron chi connectivity index (χ0n) is 22.8. The molecule has 8 heteroatoms. The summed E-state index contributed by atoms with van der Waals surface area (Å²) < 4.78 is 14.2. The minimum absolute atomic E-state index is 0.190. The number of Topliss-reactive ketones (excluding diaryl/α,β-unsaturated/α-hetero) is 2. The summed E-state index contributed by atoms with van der Waals surface area (Å²) in [4.78, 5) is 30.8. The number of nitrogens with zero attached hydrogens (tertiary/aromatic N) is 2. The van der Waals surface area contributed by atoms with Gasteiger partial charge in [-0.25, -0.2) is 0 Å². The molecule has 4 unspecified atom stereocenters. The van der Waals surface area contributed by atoms with Crippen LogP contribution in [0, 0.1) is 0 Å². The molecule has 4 saturated heterocycles. The van der Waals surface area contributed by atoms with E-state index >= 15 is 0 Å². The predicted octanol–water partition coefficient (Wildman–Crippen LogP) is 6.82. The number of carbonyl (C=O) groups excluding carboxylic acids is 2. The largest absolute Gasteiger partial charge is 0.478 e. The molecular weight excluding hydrogens is 636 g/mol. The molecule has 2 aromatic rings. The van der Waals surface area contributed by atoms with Crippen molar-refractivity contribution in [2.24, 2.45) is 0 Å². The topological polar surface area (TPSA) is 59.1 Å². The van der Waals surface area contributed by atoms with Crippen molar-refractivity contribution in [2.45, 2.75) is 87.5 Å². The Labute approximate surface area is 253 Å². The number of halogens is 2. The highest BCUT2D eigenvalue weighted by Crippen LogP contribution is 2.45. The van der Waals surface area contributed by atoms with E-state index in [1.54, 1.807) is 0 Å². The first-order valence-corrected chi connectivity index (χ1v) is 16.5. The number of ether oxygens (including phenoxy) is 2. The van der Waals surface area contributed by atoms with E-state index < -0.39 is 11.2 Å². The third kappa shape index (κ3) is 4.67. The molecule has 0 bridgehead atoms. The van der Waals surface area contributed by atoms with Crippen LogP contribution in [0.4, 0.5) is 0 Å². The molecule has 0 saturated carbocycles. The third-order valence-electron chi connectivity index (χ3n) is 10.1. The number of carbonyl (C=O) groups is 2. The molecule has 0 radical (unpaired) electrons. The van der Waals surface area contributed by atoms with E-state index in [2.05, 4.69) is 41.7 Å². The molecule has 2 spiro atoms. The van der Waals surface area contributed by atoms with Crippen LogP contribution < -0.4 is 9.47 Å². The van der Waals surface area contributed by atoms with E-state index in [0.29, 0.717) is 12.1 Å². The highest BCUT2D eigenvalue weighted by molar-refractivity contribution is 9.10. The number of ketones is 2. The van der Waals surface area contributed by atoms with Gasteiger partial charge in [0.05, 0.1) is 11.1 Å². The molecule has 6 heterocycles. The quantitative estimate of drug-likeness (QED) is 0.306. The van der Waals surface area contributed by atoms with Crippen molar-refractivity contribution < 1.29 is 19.1 Å². The Kier molecular flexibility index (Phi) is 7.13. The van der Waals surface area contributed by atoms with Crippen molar-refractivity contribution in [3.8, 4) is 11.5 Å². The maximum atomic E-state index is 12.9. The van der Waals surface area contributed by atoms with Gasteiger partial charge < -0.3 is 19.3 Å². The Bertz CT molecular complexity index is 1330. The maximum Gasteiger partial charge on any atom is 0.210 e. The lowest BCUT2D eigenvalue weighted by molar-refractivity contribution is 0.0448. The molecule has 0 aliphatic carbocycles. The van der Waals surface area contributed by atoms with Crippen LogP contribution >= 0.6 is 31.9 Å². The Hall–Kier alpha value is -1.74. The maximum absolute atomic E-state index is 12.9. The van der Waals surface area contributed by atoms with E-state index in [1.165, 1.54) is 38.8 Å². The summed E-state index contributed by atoms with van der Waals surface area (Å²) in [5.41, 5.74) is 0.327. The Balaban J connectivity index is 0.000000132. The molecule has 2 aromatic carbocycles. The molecule has 4 fully saturated rings. The predicted molar refractivity (Wildman–Crippen MR) is 161 cm³/mol. The van der Waals surface area contributed by atoms with Crippen LogP contribution in [0.1, 0.15) is 84.9 Å². The molecule has 0 aromatic heterocycles. The van der Waals surface area contributed by atoms with Crippen molar-refractivity contribution in [1.82, 2.24) is 9.80 Å². The van der Waals surface area contributed by atoms with Gasteiger partial charge in [0, 0.05) is 40.4 Å². The minimum Gasteiger partial charge on any atom is -0.478 e.